The Morgan fingerprint density at radius 3 is 2.46 bits per heavy atom. The summed E-state index contributed by atoms with van der Waals surface area (Å²) in [6.45, 7) is 4.04. The maximum absolute atomic E-state index is 11.0. The molecule has 0 heterocycles. The zero-order valence-corrected chi connectivity index (χ0v) is 9.99. The lowest BCUT2D eigenvalue weighted by Crippen LogP contribution is -2.23. The van der Waals surface area contributed by atoms with Gasteiger partial charge in [0, 0.05) is 18.1 Å². The van der Waals surface area contributed by atoms with Gasteiger partial charge in [0.05, 0.1) is 0 Å². The van der Waals surface area contributed by atoms with Crippen LogP contribution < -0.4 is 5.48 Å². The number of rotatable bonds is 5. The number of hydroxylamine groups is 1. The van der Waals surface area contributed by atoms with Crippen molar-refractivity contribution in [1.29, 1.82) is 0 Å². The van der Waals surface area contributed by atoms with Gasteiger partial charge in [-0.25, -0.2) is 0 Å². The van der Waals surface area contributed by atoms with E-state index in [0.717, 1.165) is 0 Å². The van der Waals surface area contributed by atoms with Crippen LogP contribution in [0.4, 0.5) is 0 Å². The summed E-state index contributed by atoms with van der Waals surface area (Å²) in [6.07, 6.45) is 1.09. The molecule has 0 spiro atoms. The van der Waals surface area contributed by atoms with Gasteiger partial charge in [-0.1, -0.05) is 13.8 Å². The first-order valence-corrected chi connectivity index (χ1v) is 5.16. The van der Waals surface area contributed by atoms with Crippen LogP contribution in [0, 0.1) is 5.41 Å². The fourth-order valence-electron chi connectivity index (χ4n) is 0.718. The average molecular weight is 223 g/mol. The molecule has 0 aromatic rings. The van der Waals surface area contributed by atoms with E-state index < -0.39 is 0 Å². The summed E-state index contributed by atoms with van der Waals surface area (Å²) in [7, 11) is 1.56. The number of hydrogen-bond donors (Lipinski definition) is 3. The Morgan fingerprint density at radius 2 is 2.08 bits per heavy atom. The van der Waals surface area contributed by atoms with E-state index in [0.29, 0.717) is 12.8 Å². The Balaban J connectivity index is 3.81. The van der Waals surface area contributed by atoms with E-state index in [4.69, 9.17) is 0 Å². The van der Waals surface area contributed by atoms with Gasteiger partial charge in [-0.2, -0.15) is 30.7 Å². The lowest BCUT2D eigenvalue weighted by Gasteiger charge is -2.26. The molecule has 0 aliphatic carbocycles. The van der Waals surface area contributed by atoms with Crippen LogP contribution in [0.2, 0.25) is 0 Å². The molecule has 0 unspecified atom stereocenters. The van der Waals surface area contributed by atoms with Crippen LogP contribution in [0.1, 0.15) is 26.7 Å². The monoisotopic (exact) mass is 223 g/mol. The molecule has 13 heavy (non-hydrogen) atoms. The fourth-order valence-corrected chi connectivity index (χ4v) is 0.976. The second-order valence-electron chi connectivity index (χ2n) is 3.54. The first kappa shape index (κ1) is 13.1. The molecule has 0 amide bonds. The summed E-state index contributed by atoms with van der Waals surface area (Å²) < 4.78 is -0.0325. The Morgan fingerprint density at radius 1 is 1.54 bits per heavy atom. The fraction of sp³-hybridized carbons (Fsp3) is 0.875. The molecule has 1 N–H and O–H groups in total. The number of nitrogens with one attached hydrogen (secondary N) is 1. The van der Waals surface area contributed by atoms with E-state index in [-0.39, 0.29) is 16.0 Å². The van der Waals surface area contributed by atoms with Crippen LogP contribution in [-0.2, 0) is 9.63 Å². The van der Waals surface area contributed by atoms with Crippen molar-refractivity contribution >= 4 is 31.2 Å². The van der Waals surface area contributed by atoms with Gasteiger partial charge in [-0.15, -0.1) is 0 Å². The van der Waals surface area contributed by atoms with E-state index in [9.17, 15) is 4.79 Å². The third-order valence-corrected chi connectivity index (χ3v) is 3.29. The molecule has 0 aromatic carbocycles. The molecule has 0 saturated heterocycles. The lowest BCUT2D eigenvalue weighted by molar-refractivity contribution is -0.150. The molecule has 0 rings (SSSR count). The van der Waals surface area contributed by atoms with Gasteiger partial charge in [0.15, 0.2) is 0 Å². The SMILES string of the molecule is CNOC(=O)CCC(C)(C)C(S)S. The minimum atomic E-state index is -0.252. The Labute approximate surface area is 90.4 Å². The van der Waals surface area contributed by atoms with Gasteiger partial charge < -0.3 is 4.84 Å². The molecule has 0 aliphatic heterocycles. The highest BCUT2D eigenvalue weighted by Crippen LogP contribution is 2.32. The standard InChI is InChI=1S/C8H17NO2S2/c1-8(2,7(12)13)5-4-6(10)11-9-3/h7,9,12-13H,4-5H2,1-3H3. The van der Waals surface area contributed by atoms with Crippen molar-refractivity contribution in [3.8, 4) is 0 Å². The second kappa shape index (κ2) is 5.78. The summed E-state index contributed by atoms with van der Waals surface area (Å²) in [4.78, 5) is 15.6. The highest BCUT2D eigenvalue weighted by Gasteiger charge is 2.24. The van der Waals surface area contributed by atoms with E-state index >= 15 is 0 Å². The minimum Gasteiger partial charge on any atom is -0.371 e. The average Bonchev–Trinajstić information content (AvgIpc) is 2.01. The third kappa shape index (κ3) is 5.44. The molecule has 0 radical (unpaired) electrons. The normalized spacial score (nSPS) is 11.8. The number of hydrogen-bond acceptors (Lipinski definition) is 5. The summed E-state index contributed by atoms with van der Waals surface area (Å²) >= 11 is 8.46. The van der Waals surface area contributed by atoms with Gasteiger partial charge in [0.25, 0.3) is 0 Å². The van der Waals surface area contributed by atoms with Crippen molar-refractivity contribution in [2.75, 3.05) is 7.05 Å². The van der Waals surface area contributed by atoms with Crippen LogP contribution in [-0.4, -0.2) is 17.6 Å². The Kier molecular flexibility index (Phi) is 5.83. The quantitative estimate of drug-likeness (QED) is 0.377. The van der Waals surface area contributed by atoms with Crippen molar-refractivity contribution in [1.82, 2.24) is 5.48 Å². The number of carbonyl (C=O) groups is 1. The molecular weight excluding hydrogens is 206 g/mol. The molecule has 78 valence electrons. The van der Waals surface area contributed by atoms with Gasteiger partial charge in [-0.05, 0) is 11.8 Å². The molecule has 0 fully saturated rings. The van der Waals surface area contributed by atoms with Gasteiger partial charge in [-0.3, -0.25) is 4.79 Å². The van der Waals surface area contributed by atoms with Crippen molar-refractivity contribution in [3.63, 3.8) is 0 Å². The third-order valence-electron chi connectivity index (χ3n) is 1.89. The summed E-state index contributed by atoms with van der Waals surface area (Å²) in [5.74, 6) is -0.252. The molecule has 0 bridgehead atoms. The molecule has 0 aliphatic rings. The highest BCUT2D eigenvalue weighted by molar-refractivity contribution is 7.99. The zero-order valence-electron chi connectivity index (χ0n) is 8.20. The first-order valence-electron chi connectivity index (χ1n) is 4.12. The number of thiol groups is 2. The van der Waals surface area contributed by atoms with Gasteiger partial charge in [0.2, 0.25) is 0 Å². The zero-order chi connectivity index (χ0) is 10.5. The van der Waals surface area contributed by atoms with Crippen molar-refractivity contribution in [2.24, 2.45) is 5.41 Å². The smallest absolute Gasteiger partial charge is 0.324 e. The molecule has 5 heteroatoms. The molecule has 0 atom stereocenters. The van der Waals surface area contributed by atoms with Crippen LogP contribution >= 0.6 is 25.3 Å². The van der Waals surface area contributed by atoms with Crippen LogP contribution in [0.3, 0.4) is 0 Å². The second-order valence-corrected chi connectivity index (χ2v) is 4.98. The van der Waals surface area contributed by atoms with Crippen LogP contribution in [0.5, 0.6) is 0 Å². The predicted octanol–water partition coefficient (Wildman–Crippen LogP) is 1.66. The lowest BCUT2D eigenvalue weighted by atomic mass is 9.90. The van der Waals surface area contributed by atoms with E-state index in [1.165, 1.54) is 0 Å². The summed E-state index contributed by atoms with van der Waals surface area (Å²) in [5, 5.41) is 0. The van der Waals surface area contributed by atoms with Crippen LogP contribution in [0.15, 0.2) is 0 Å². The highest BCUT2D eigenvalue weighted by atomic mass is 32.2. The Bertz CT molecular complexity index is 172. The van der Waals surface area contributed by atoms with Gasteiger partial charge >= 0.3 is 5.97 Å². The minimum absolute atomic E-state index is 0.0325. The molecular formula is C8H17NO2S2. The largest absolute Gasteiger partial charge is 0.371 e. The van der Waals surface area contributed by atoms with Crippen molar-refractivity contribution in [2.45, 2.75) is 31.3 Å². The number of carbonyl (C=O) groups excluding carboxylic acids is 1. The van der Waals surface area contributed by atoms with E-state index in [2.05, 4.69) is 35.6 Å². The van der Waals surface area contributed by atoms with Gasteiger partial charge in [0.1, 0.15) is 0 Å². The maximum Gasteiger partial charge on any atom is 0.324 e. The molecule has 3 nitrogen and oxygen atoms in total. The first-order chi connectivity index (χ1) is 5.90. The summed E-state index contributed by atoms with van der Waals surface area (Å²) in [5.41, 5.74) is 2.27. The van der Waals surface area contributed by atoms with Crippen molar-refractivity contribution in [3.05, 3.63) is 0 Å². The topological polar surface area (TPSA) is 38.3 Å². The molecule has 0 aromatic heterocycles. The van der Waals surface area contributed by atoms with E-state index in [1.807, 2.05) is 13.8 Å². The van der Waals surface area contributed by atoms with Crippen molar-refractivity contribution < 1.29 is 9.63 Å². The predicted molar refractivity (Wildman–Crippen MR) is 59.9 cm³/mol. The Hall–Kier alpha value is 0.130. The van der Waals surface area contributed by atoms with Crippen LogP contribution in [0.25, 0.3) is 0 Å². The molecule has 0 saturated carbocycles. The summed E-state index contributed by atoms with van der Waals surface area (Å²) in [6, 6.07) is 0. The maximum atomic E-state index is 11.0. The van der Waals surface area contributed by atoms with E-state index in [1.54, 1.807) is 7.05 Å².